The molecule has 6 heteroatoms. The third kappa shape index (κ3) is 3.64. The second-order valence-electron chi connectivity index (χ2n) is 4.64. The summed E-state index contributed by atoms with van der Waals surface area (Å²) in [4.78, 5) is 14.1. The van der Waals surface area contributed by atoms with E-state index in [1.54, 1.807) is 0 Å². The highest BCUT2D eigenvalue weighted by atomic mass is 35.5. The summed E-state index contributed by atoms with van der Waals surface area (Å²) in [6.07, 6.45) is 0. The van der Waals surface area contributed by atoms with Crippen LogP contribution in [0.15, 0.2) is 18.2 Å². The average Bonchev–Trinajstić information content (AvgIpc) is 2.44. The van der Waals surface area contributed by atoms with Crippen LogP contribution in [0, 0.1) is 0 Å². The molecule has 1 fully saturated rings. The number of piperazine rings is 1. The summed E-state index contributed by atoms with van der Waals surface area (Å²) in [7, 11) is 0. The van der Waals surface area contributed by atoms with Crippen molar-refractivity contribution in [2.75, 3.05) is 26.2 Å². The molecule has 1 aliphatic rings. The Morgan fingerprint density at radius 2 is 2.15 bits per heavy atom. The second-order valence-corrected chi connectivity index (χ2v) is 5.46. The molecule has 2 rings (SSSR count). The number of hydrogen-bond donors (Lipinski definition) is 1. The highest BCUT2D eigenvalue weighted by molar-refractivity contribution is 6.35. The first-order valence-electron chi connectivity index (χ1n) is 6.67. The van der Waals surface area contributed by atoms with Crippen molar-refractivity contribution < 1.29 is 9.53 Å². The SMILES string of the molecule is CCOC(=O)C1CNCCN1Cc1c(Cl)cccc1Cl. The van der Waals surface area contributed by atoms with Crippen LogP contribution >= 0.6 is 23.2 Å². The molecule has 1 heterocycles. The van der Waals surface area contributed by atoms with Gasteiger partial charge >= 0.3 is 5.97 Å². The zero-order chi connectivity index (χ0) is 14.5. The molecule has 0 saturated carbocycles. The topological polar surface area (TPSA) is 41.6 Å². The van der Waals surface area contributed by atoms with Crippen molar-refractivity contribution in [1.82, 2.24) is 10.2 Å². The summed E-state index contributed by atoms with van der Waals surface area (Å²) in [5, 5.41) is 4.46. The monoisotopic (exact) mass is 316 g/mol. The van der Waals surface area contributed by atoms with Crippen molar-refractivity contribution in [3.8, 4) is 0 Å². The van der Waals surface area contributed by atoms with Crippen LogP contribution in [0.5, 0.6) is 0 Å². The van der Waals surface area contributed by atoms with Gasteiger partial charge in [-0.3, -0.25) is 9.69 Å². The van der Waals surface area contributed by atoms with Gasteiger partial charge in [-0.15, -0.1) is 0 Å². The summed E-state index contributed by atoms with van der Waals surface area (Å²) >= 11 is 12.4. The van der Waals surface area contributed by atoms with Crippen LogP contribution in [0.25, 0.3) is 0 Å². The van der Waals surface area contributed by atoms with E-state index in [-0.39, 0.29) is 12.0 Å². The Morgan fingerprint density at radius 1 is 1.45 bits per heavy atom. The zero-order valence-corrected chi connectivity index (χ0v) is 12.9. The van der Waals surface area contributed by atoms with E-state index >= 15 is 0 Å². The fourth-order valence-corrected chi connectivity index (χ4v) is 2.81. The van der Waals surface area contributed by atoms with Gasteiger partial charge in [-0.2, -0.15) is 0 Å². The maximum absolute atomic E-state index is 12.0. The summed E-state index contributed by atoms with van der Waals surface area (Å²) in [5.41, 5.74) is 0.854. The molecule has 1 N–H and O–H groups in total. The van der Waals surface area contributed by atoms with E-state index in [1.807, 2.05) is 25.1 Å². The van der Waals surface area contributed by atoms with Gasteiger partial charge < -0.3 is 10.1 Å². The molecule has 0 radical (unpaired) electrons. The van der Waals surface area contributed by atoms with Crippen LogP contribution in [0.4, 0.5) is 0 Å². The molecule has 0 amide bonds. The summed E-state index contributed by atoms with van der Waals surface area (Å²) in [5.74, 6) is -0.206. The van der Waals surface area contributed by atoms with E-state index in [1.165, 1.54) is 0 Å². The normalized spacial score (nSPS) is 19.9. The molecular weight excluding hydrogens is 299 g/mol. The average molecular weight is 317 g/mol. The number of hydrogen-bond acceptors (Lipinski definition) is 4. The number of nitrogens with zero attached hydrogens (tertiary/aromatic N) is 1. The largest absolute Gasteiger partial charge is 0.465 e. The number of carbonyl (C=O) groups excluding carboxylic acids is 1. The van der Waals surface area contributed by atoms with Gasteiger partial charge in [0, 0.05) is 41.8 Å². The van der Waals surface area contributed by atoms with Crippen LogP contribution < -0.4 is 5.32 Å². The lowest BCUT2D eigenvalue weighted by molar-refractivity contribution is -0.150. The minimum Gasteiger partial charge on any atom is -0.465 e. The first-order valence-corrected chi connectivity index (χ1v) is 7.43. The van der Waals surface area contributed by atoms with Gasteiger partial charge in [0.15, 0.2) is 0 Å². The van der Waals surface area contributed by atoms with Gasteiger partial charge in [-0.25, -0.2) is 0 Å². The van der Waals surface area contributed by atoms with Gasteiger partial charge in [0.2, 0.25) is 0 Å². The second kappa shape index (κ2) is 7.27. The molecule has 0 aromatic heterocycles. The zero-order valence-electron chi connectivity index (χ0n) is 11.4. The van der Waals surface area contributed by atoms with Gasteiger partial charge in [-0.05, 0) is 19.1 Å². The van der Waals surface area contributed by atoms with Crippen molar-refractivity contribution in [2.24, 2.45) is 0 Å². The van der Waals surface area contributed by atoms with Crippen molar-refractivity contribution in [3.63, 3.8) is 0 Å². The standard InChI is InChI=1S/C14H18Cl2N2O2/c1-2-20-14(19)13-8-17-6-7-18(13)9-10-11(15)4-3-5-12(10)16/h3-5,13,17H,2,6-9H2,1H3. The highest BCUT2D eigenvalue weighted by Gasteiger charge is 2.30. The minimum atomic E-state index is -0.295. The van der Waals surface area contributed by atoms with E-state index in [9.17, 15) is 4.79 Å². The van der Waals surface area contributed by atoms with Crippen LogP contribution in [0.1, 0.15) is 12.5 Å². The molecule has 110 valence electrons. The number of nitrogens with one attached hydrogen (secondary N) is 1. The fourth-order valence-electron chi connectivity index (χ4n) is 2.29. The molecular formula is C14H18Cl2N2O2. The molecule has 1 saturated heterocycles. The quantitative estimate of drug-likeness (QED) is 0.866. The van der Waals surface area contributed by atoms with E-state index in [0.717, 1.165) is 18.7 Å². The molecule has 20 heavy (non-hydrogen) atoms. The summed E-state index contributed by atoms with van der Waals surface area (Å²) in [6, 6.07) is 5.14. The van der Waals surface area contributed by atoms with Gasteiger partial charge in [0.25, 0.3) is 0 Å². The maximum Gasteiger partial charge on any atom is 0.324 e. The lowest BCUT2D eigenvalue weighted by Gasteiger charge is -2.34. The number of halogens is 2. The molecule has 1 aromatic rings. The highest BCUT2D eigenvalue weighted by Crippen LogP contribution is 2.26. The Morgan fingerprint density at radius 3 is 2.80 bits per heavy atom. The van der Waals surface area contributed by atoms with Crippen LogP contribution in [0.2, 0.25) is 10.0 Å². The van der Waals surface area contributed by atoms with Crippen molar-refractivity contribution >= 4 is 29.2 Å². The van der Waals surface area contributed by atoms with Gasteiger partial charge in [-0.1, -0.05) is 29.3 Å². The molecule has 1 atom stereocenters. The number of rotatable bonds is 4. The van der Waals surface area contributed by atoms with Gasteiger partial charge in [0.1, 0.15) is 6.04 Å². The Balaban J connectivity index is 2.14. The Hall–Kier alpha value is -0.810. The molecule has 1 aromatic carbocycles. The molecule has 1 unspecified atom stereocenters. The summed E-state index contributed by atoms with van der Waals surface area (Å²) in [6.45, 7) is 4.91. The molecule has 4 nitrogen and oxygen atoms in total. The van der Waals surface area contributed by atoms with E-state index < -0.39 is 0 Å². The first-order chi connectivity index (χ1) is 9.63. The van der Waals surface area contributed by atoms with Crippen LogP contribution in [0.3, 0.4) is 0 Å². The number of ether oxygens (including phenoxy) is 1. The number of esters is 1. The van der Waals surface area contributed by atoms with Crippen molar-refractivity contribution in [1.29, 1.82) is 0 Å². The third-order valence-electron chi connectivity index (χ3n) is 3.34. The Bertz CT molecular complexity index is 462. The lowest BCUT2D eigenvalue weighted by atomic mass is 10.1. The molecule has 0 bridgehead atoms. The molecule has 1 aliphatic heterocycles. The molecule has 0 aliphatic carbocycles. The van der Waals surface area contributed by atoms with Crippen molar-refractivity contribution in [3.05, 3.63) is 33.8 Å². The van der Waals surface area contributed by atoms with E-state index in [2.05, 4.69) is 10.2 Å². The minimum absolute atomic E-state index is 0.206. The maximum atomic E-state index is 12.0. The summed E-state index contributed by atoms with van der Waals surface area (Å²) < 4.78 is 5.12. The predicted molar refractivity (Wildman–Crippen MR) is 80.2 cm³/mol. The Labute approximate surface area is 129 Å². The van der Waals surface area contributed by atoms with Crippen LogP contribution in [-0.2, 0) is 16.1 Å². The number of benzene rings is 1. The third-order valence-corrected chi connectivity index (χ3v) is 4.04. The molecule has 0 spiro atoms. The predicted octanol–water partition coefficient (Wildman–Crippen LogP) is 2.33. The Kier molecular flexibility index (Phi) is 5.66. The van der Waals surface area contributed by atoms with Crippen molar-refractivity contribution in [2.45, 2.75) is 19.5 Å². The number of carbonyl (C=O) groups is 1. The van der Waals surface area contributed by atoms with E-state index in [4.69, 9.17) is 27.9 Å². The van der Waals surface area contributed by atoms with Crippen LogP contribution in [-0.4, -0.2) is 43.2 Å². The fraction of sp³-hybridized carbons (Fsp3) is 0.500. The van der Waals surface area contributed by atoms with E-state index in [0.29, 0.717) is 29.7 Å². The lowest BCUT2D eigenvalue weighted by Crippen LogP contribution is -2.54. The first kappa shape index (κ1) is 15.6. The van der Waals surface area contributed by atoms with Gasteiger partial charge in [0.05, 0.1) is 6.61 Å². The smallest absolute Gasteiger partial charge is 0.324 e.